The van der Waals surface area contributed by atoms with E-state index in [-0.39, 0.29) is 4.43 Å². The Hall–Kier alpha value is -1.08. The number of alkyl halides is 4. The molecule has 0 heterocycles. The van der Waals surface area contributed by atoms with Crippen LogP contribution in [0.5, 0.6) is 0 Å². The first-order chi connectivity index (χ1) is 9.49. The second-order valence-electron chi connectivity index (χ2n) is 4.19. The molecular weight excluding hydrogens is 380 g/mol. The van der Waals surface area contributed by atoms with Crippen LogP contribution in [0.25, 0.3) is 11.1 Å². The van der Waals surface area contributed by atoms with E-state index in [1.54, 1.807) is 12.1 Å². The van der Waals surface area contributed by atoms with Gasteiger partial charge in [0.1, 0.15) is 6.10 Å². The lowest BCUT2D eigenvalue weighted by Gasteiger charge is -2.17. The van der Waals surface area contributed by atoms with Gasteiger partial charge in [0.25, 0.3) is 0 Å². The highest BCUT2D eigenvalue weighted by Crippen LogP contribution is 2.30. The van der Waals surface area contributed by atoms with Crippen LogP contribution in [0.1, 0.15) is 11.7 Å². The molecular formula is C15H12F3IO. The predicted molar refractivity (Wildman–Crippen MR) is 80.6 cm³/mol. The van der Waals surface area contributed by atoms with Crippen molar-refractivity contribution in [1.29, 1.82) is 0 Å². The zero-order valence-corrected chi connectivity index (χ0v) is 12.6. The van der Waals surface area contributed by atoms with E-state index in [9.17, 15) is 13.2 Å². The summed E-state index contributed by atoms with van der Waals surface area (Å²) >= 11 is 1.89. The first kappa shape index (κ1) is 15.3. The lowest BCUT2D eigenvalue weighted by Crippen LogP contribution is -2.19. The van der Waals surface area contributed by atoms with Crippen molar-refractivity contribution in [3.8, 4) is 11.1 Å². The summed E-state index contributed by atoms with van der Waals surface area (Å²) in [7, 11) is 0. The molecule has 0 aliphatic rings. The SMILES string of the molecule is FC(F)(F)OC(CI)c1ccc(-c2ccccc2)cc1. The molecule has 0 spiro atoms. The summed E-state index contributed by atoms with van der Waals surface area (Å²) < 4.78 is 41.2. The number of benzene rings is 2. The molecule has 106 valence electrons. The molecule has 0 aromatic heterocycles. The molecule has 0 amide bonds. The Morgan fingerprint density at radius 3 is 1.95 bits per heavy atom. The van der Waals surface area contributed by atoms with Crippen LogP contribution in [0.4, 0.5) is 13.2 Å². The van der Waals surface area contributed by atoms with Crippen LogP contribution in [0, 0.1) is 0 Å². The molecule has 0 bridgehead atoms. The molecule has 0 aliphatic heterocycles. The number of ether oxygens (including phenoxy) is 1. The van der Waals surface area contributed by atoms with Crippen molar-refractivity contribution < 1.29 is 17.9 Å². The molecule has 1 unspecified atom stereocenters. The van der Waals surface area contributed by atoms with Crippen molar-refractivity contribution in [2.24, 2.45) is 0 Å². The highest BCUT2D eigenvalue weighted by molar-refractivity contribution is 14.1. The van der Waals surface area contributed by atoms with Crippen LogP contribution in [0.3, 0.4) is 0 Å². The maximum atomic E-state index is 12.3. The third kappa shape index (κ3) is 4.21. The average Bonchev–Trinajstić information content (AvgIpc) is 2.45. The van der Waals surface area contributed by atoms with Crippen LogP contribution in [0.2, 0.25) is 0 Å². The standard InChI is InChI=1S/C15H12F3IO/c16-15(17,18)20-14(10-19)13-8-6-12(7-9-13)11-4-2-1-3-5-11/h1-9,14H,10H2. The first-order valence-corrected chi connectivity index (χ1v) is 7.48. The molecule has 2 aromatic rings. The number of hydrogen-bond acceptors (Lipinski definition) is 1. The zero-order chi connectivity index (χ0) is 14.6. The van der Waals surface area contributed by atoms with Crippen molar-refractivity contribution in [3.63, 3.8) is 0 Å². The molecule has 0 fully saturated rings. The molecule has 0 saturated carbocycles. The fourth-order valence-electron chi connectivity index (χ4n) is 1.87. The lowest BCUT2D eigenvalue weighted by atomic mass is 10.0. The smallest absolute Gasteiger partial charge is 0.283 e. The molecule has 5 heteroatoms. The Morgan fingerprint density at radius 2 is 1.45 bits per heavy atom. The monoisotopic (exact) mass is 392 g/mol. The van der Waals surface area contributed by atoms with Gasteiger partial charge >= 0.3 is 6.36 Å². The largest absolute Gasteiger partial charge is 0.523 e. The van der Waals surface area contributed by atoms with Gasteiger partial charge in [-0.1, -0.05) is 77.2 Å². The van der Waals surface area contributed by atoms with Crippen LogP contribution >= 0.6 is 22.6 Å². The predicted octanol–water partition coefficient (Wildman–Crippen LogP) is 5.37. The third-order valence-electron chi connectivity index (χ3n) is 2.81. The van der Waals surface area contributed by atoms with Gasteiger partial charge in [0, 0.05) is 4.43 Å². The van der Waals surface area contributed by atoms with Crippen LogP contribution in [-0.4, -0.2) is 10.8 Å². The van der Waals surface area contributed by atoms with E-state index in [4.69, 9.17) is 0 Å². The van der Waals surface area contributed by atoms with Gasteiger partial charge in [-0.05, 0) is 16.7 Å². The Kier molecular flexibility index (Phi) is 5.04. The van der Waals surface area contributed by atoms with Gasteiger partial charge in [0.2, 0.25) is 0 Å². The van der Waals surface area contributed by atoms with Gasteiger partial charge in [-0.2, -0.15) is 0 Å². The topological polar surface area (TPSA) is 9.23 Å². The second-order valence-corrected chi connectivity index (χ2v) is 5.08. The van der Waals surface area contributed by atoms with Crippen molar-refractivity contribution in [2.45, 2.75) is 12.5 Å². The van der Waals surface area contributed by atoms with E-state index in [0.29, 0.717) is 5.56 Å². The Labute approximate surface area is 128 Å². The summed E-state index contributed by atoms with van der Waals surface area (Å²) in [5, 5.41) is 0. The quantitative estimate of drug-likeness (QED) is 0.503. The van der Waals surface area contributed by atoms with E-state index in [1.807, 2.05) is 65.1 Å². The first-order valence-electron chi connectivity index (χ1n) is 5.95. The molecule has 2 aromatic carbocycles. The maximum absolute atomic E-state index is 12.3. The summed E-state index contributed by atoms with van der Waals surface area (Å²) in [4.78, 5) is 0. The molecule has 2 rings (SSSR count). The van der Waals surface area contributed by atoms with E-state index in [2.05, 4.69) is 4.74 Å². The van der Waals surface area contributed by atoms with Crippen LogP contribution in [-0.2, 0) is 4.74 Å². The van der Waals surface area contributed by atoms with Crippen molar-refractivity contribution in [3.05, 3.63) is 60.2 Å². The van der Waals surface area contributed by atoms with E-state index in [0.717, 1.165) is 11.1 Å². The Bertz CT molecular complexity index is 537. The summed E-state index contributed by atoms with van der Waals surface area (Å²) in [6.07, 6.45) is -5.59. The van der Waals surface area contributed by atoms with Crippen LogP contribution < -0.4 is 0 Å². The van der Waals surface area contributed by atoms with Gasteiger partial charge in [-0.3, -0.25) is 4.74 Å². The van der Waals surface area contributed by atoms with Gasteiger partial charge < -0.3 is 0 Å². The maximum Gasteiger partial charge on any atom is 0.523 e. The molecule has 1 atom stereocenters. The number of hydrogen-bond donors (Lipinski definition) is 0. The fourth-order valence-corrected chi connectivity index (χ4v) is 2.56. The molecule has 0 aliphatic carbocycles. The van der Waals surface area contributed by atoms with Crippen molar-refractivity contribution in [1.82, 2.24) is 0 Å². The molecule has 0 saturated heterocycles. The van der Waals surface area contributed by atoms with Gasteiger partial charge in [0.05, 0.1) is 0 Å². The third-order valence-corrected chi connectivity index (χ3v) is 3.61. The average molecular weight is 392 g/mol. The fraction of sp³-hybridized carbons (Fsp3) is 0.200. The minimum absolute atomic E-state index is 0.238. The lowest BCUT2D eigenvalue weighted by molar-refractivity contribution is -0.341. The molecule has 0 radical (unpaired) electrons. The van der Waals surface area contributed by atoms with Gasteiger partial charge in [0.15, 0.2) is 0 Å². The van der Waals surface area contributed by atoms with Crippen molar-refractivity contribution >= 4 is 22.6 Å². The molecule has 20 heavy (non-hydrogen) atoms. The normalized spacial score (nSPS) is 13.2. The Morgan fingerprint density at radius 1 is 0.900 bits per heavy atom. The highest BCUT2D eigenvalue weighted by Gasteiger charge is 2.33. The van der Waals surface area contributed by atoms with E-state index in [1.165, 1.54) is 0 Å². The van der Waals surface area contributed by atoms with Crippen molar-refractivity contribution in [2.75, 3.05) is 4.43 Å². The van der Waals surface area contributed by atoms with Gasteiger partial charge in [-0.25, -0.2) is 0 Å². The van der Waals surface area contributed by atoms with Crippen LogP contribution in [0.15, 0.2) is 54.6 Å². The van der Waals surface area contributed by atoms with E-state index < -0.39 is 12.5 Å². The zero-order valence-electron chi connectivity index (χ0n) is 10.4. The minimum Gasteiger partial charge on any atom is -0.283 e. The van der Waals surface area contributed by atoms with Gasteiger partial charge in [-0.15, -0.1) is 13.2 Å². The molecule has 1 nitrogen and oxygen atoms in total. The summed E-state index contributed by atoms with van der Waals surface area (Å²) in [5.41, 5.74) is 2.52. The molecule has 0 N–H and O–H groups in total. The Balaban J connectivity index is 2.19. The highest BCUT2D eigenvalue weighted by atomic mass is 127. The van der Waals surface area contributed by atoms with E-state index >= 15 is 0 Å². The number of halogens is 4. The summed E-state index contributed by atoms with van der Waals surface area (Å²) in [5.74, 6) is 0. The number of rotatable bonds is 4. The summed E-state index contributed by atoms with van der Waals surface area (Å²) in [6, 6.07) is 16.6. The summed E-state index contributed by atoms with van der Waals surface area (Å²) in [6.45, 7) is 0. The minimum atomic E-state index is -4.62. The second kappa shape index (κ2) is 6.58.